The summed E-state index contributed by atoms with van der Waals surface area (Å²) in [5, 5.41) is 2.75. The number of amides is 1. The molecule has 0 aromatic heterocycles. The first-order valence-electron chi connectivity index (χ1n) is 8.08. The van der Waals surface area contributed by atoms with Crippen molar-refractivity contribution in [2.75, 3.05) is 18.9 Å². The van der Waals surface area contributed by atoms with Crippen LogP contribution >= 0.6 is 15.9 Å². The van der Waals surface area contributed by atoms with E-state index in [0.717, 1.165) is 13.0 Å². The van der Waals surface area contributed by atoms with Gasteiger partial charge in [-0.15, -0.1) is 4.40 Å². The molecule has 2 aromatic rings. The highest BCUT2D eigenvalue weighted by atomic mass is 79.9. The first-order valence-corrected chi connectivity index (χ1v) is 10.3. The van der Waals surface area contributed by atoms with Crippen molar-refractivity contribution in [3.05, 3.63) is 58.6 Å². The molecule has 2 aromatic carbocycles. The predicted octanol–water partition coefficient (Wildman–Crippen LogP) is 3.51. The molecule has 3 rings (SSSR count). The van der Waals surface area contributed by atoms with Crippen LogP contribution in [0.5, 0.6) is 0 Å². The summed E-state index contributed by atoms with van der Waals surface area (Å²) in [6.07, 6.45) is 1.57. The predicted molar refractivity (Wildman–Crippen MR) is 105 cm³/mol. The Morgan fingerprint density at radius 2 is 1.85 bits per heavy atom. The fraction of sp³-hybridized carbons (Fsp3) is 0.222. The van der Waals surface area contributed by atoms with Gasteiger partial charge < -0.3 is 10.2 Å². The summed E-state index contributed by atoms with van der Waals surface area (Å²) in [6, 6.07) is 13.1. The molecule has 0 saturated carbocycles. The topological polar surface area (TPSA) is 78.8 Å². The van der Waals surface area contributed by atoms with Gasteiger partial charge in [-0.05, 0) is 58.7 Å². The normalized spacial score (nSPS) is 16.1. The number of halogens is 1. The van der Waals surface area contributed by atoms with Crippen LogP contribution in [0, 0.1) is 0 Å². The van der Waals surface area contributed by atoms with Crippen molar-refractivity contribution in [2.24, 2.45) is 4.40 Å². The fourth-order valence-corrected chi connectivity index (χ4v) is 4.21. The Hall–Kier alpha value is -2.19. The Labute approximate surface area is 161 Å². The monoisotopic (exact) mass is 435 g/mol. The summed E-state index contributed by atoms with van der Waals surface area (Å²) in [4.78, 5) is 14.2. The minimum atomic E-state index is -3.75. The van der Waals surface area contributed by atoms with Crippen molar-refractivity contribution in [1.82, 2.24) is 4.90 Å². The molecule has 0 atom stereocenters. The number of rotatable bonds is 4. The first-order chi connectivity index (χ1) is 12.4. The Balaban J connectivity index is 1.76. The maximum Gasteiger partial charge on any atom is 0.283 e. The van der Waals surface area contributed by atoms with Crippen LogP contribution in [0.15, 0.2) is 62.3 Å². The Morgan fingerprint density at radius 3 is 2.46 bits per heavy atom. The van der Waals surface area contributed by atoms with Crippen molar-refractivity contribution in [3.63, 3.8) is 0 Å². The van der Waals surface area contributed by atoms with Crippen molar-refractivity contribution >= 4 is 43.4 Å². The van der Waals surface area contributed by atoms with E-state index in [1.165, 1.54) is 12.1 Å². The molecule has 1 heterocycles. The van der Waals surface area contributed by atoms with Crippen LogP contribution in [0.25, 0.3) is 0 Å². The molecule has 1 fully saturated rings. The van der Waals surface area contributed by atoms with E-state index in [0.29, 0.717) is 28.0 Å². The molecule has 0 unspecified atom stereocenters. The molecule has 1 amide bonds. The summed E-state index contributed by atoms with van der Waals surface area (Å²) in [6.45, 7) is 0.814. The summed E-state index contributed by atoms with van der Waals surface area (Å²) in [5.41, 5.74) is 1.01. The number of anilines is 1. The van der Waals surface area contributed by atoms with Gasteiger partial charge in [-0.2, -0.15) is 8.42 Å². The summed E-state index contributed by atoms with van der Waals surface area (Å²) in [5.74, 6) is 0.303. The van der Waals surface area contributed by atoms with Gasteiger partial charge in [0.05, 0.1) is 10.5 Å². The number of amidine groups is 1. The number of likely N-dealkylation sites (tertiary alicyclic amines) is 1. The molecular weight excluding hydrogens is 418 g/mol. The number of sulfonamides is 1. The first kappa shape index (κ1) is 18.6. The second-order valence-electron chi connectivity index (χ2n) is 5.97. The highest BCUT2D eigenvalue weighted by molar-refractivity contribution is 9.10. The lowest BCUT2D eigenvalue weighted by Gasteiger charge is -2.11. The van der Waals surface area contributed by atoms with Crippen molar-refractivity contribution < 1.29 is 13.2 Å². The number of nitrogens with zero attached hydrogens (tertiary/aromatic N) is 2. The lowest BCUT2D eigenvalue weighted by molar-refractivity contribution is 0.102. The van der Waals surface area contributed by atoms with Crippen LogP contribution in [0.4, 0.5) is 5.69 Å². The largest absolute Gasteiger partial charge is 0.362 e. The molecule has 1 aliphatic heterocycles. The Morgan fingerprint density at radius 1 is 1.15 bits per heavy atom. The standard InChI is InChI=1S/C18H18BrN3O3S/c1-22-12-4-7-17(22)21-26(24,25)14-10-8-13(9-11-14)20-18(23)15-5-2-3-6-16(15)19/h2-3,5-6,8-11H,4,7,12H2,1H3,(H,20,23)/b21-17-. The molecule has 1 saturated heterocycles. The van der Waals surface area contributed by atoms with E-state index in [4.69, 9.17) is 0 Å². The van der Waals surface area contributed by atoms with Crippen molar-refractivity contribution in [2.45, 2.75) is 17.7 Å². The summed E-state index contributed by atoms with van der Waals surface area (Å²) < 4.78 is 29.5. The second-order valence-corrected chi connectivity index (χ2v) is 8.42. The van der Waals surface area contributed by atoms with E-state index in [1.807, 2.05) is 18.0 Å². The van der Waals surface area contributed by atoms with Crippen molar-refractivity contribution in [3.8, 4) is 0 Å². The second kappa shape index (κ2) is 7.59. The number of nitrogens with one attached hydrogen (secondary N) is 1. The number of benzene rings is 2. The zero-order valence-corrected chi connectivity index (χ0v) is 16.5. The van der Waals surface area contributed by atoms with Gasteiger partial charge in [0, 0.05) is 30.2 Å². The maximum atomic E-state index is 12.4. The van der Waals surface area contributed by atoms with E-state index in [1.54, 1.807) is 30.3 Å². The van der Waals surface area contributed by atoms with E-state index < -0.39 is 10.0 Å². The van der Waals surface area contributed by atoms with Crippen LogP contribution in [-0.4, -0.2) is 38.7 Å². The Bertz CT molecular complexity index is 956. The molecule has 0 bridgehead atoms. The molecule has 6 nitrogen and oxygen atoms in total. The van der Waals surface area contributed by atoms with Crippen LogP contribution in [-0.2, 0) is 10.0 Å². The molecule has 0 radical (unpaired) electrons. The highest BCUT2D eigenvalue weighted by Gasteiger charge is 2.20. The van der Waals surface area contributed by atoms with Gasteiger partial charge in [0.1, 0.15) is 5.84 Å². The van der Waals surface area contributed by atoms with Gasteiger partial charge in [0.25, 0.3) is 15.9 Å². The maximum absolute atomic E-state index is 12.4. The lowest BCUT2D eigenvalue weighted by Crippen LogP contribution is -2.20. The quantitative estimate of drug-likeness (QED) is 0.796. The number of hydrogen-bond donors (Lipinski definition) is 1. The van der Waals surface area contributed by atoms with Crippen LogP contribution in [0.3, 0.4) is 0 Å². The van der Waals surface area contributed by atoms with E-state index in [2.05, 4.69) is 25.6 Å². The molecule has 1 aliphatic rings. The lowest BCUT2D eigenvalue weighted by atomic mass is 10.2. The molecule has 26 heavy (non-hydrogen) atoms. The fourth-order valence-electron chi connectivity index (χ4n) is 2.66. The van der Waals surface area contributed by atoms with Gasteiger partial charge >= 0.3 is 0 Å². The van der Waals surface area contributed by atoms with E-state index in [9.17, 15) is 13.2 Å². The number of hydrogen-bond acceptors (Lipinski definition) is 3. The molecule has 8 heteroatoms. The van der Waals surface area contributed by atoms with Gasteiger partial charge in [0.2, 0.25) is 0 Å². The SMILES string of the molecule is CN1CCC/C1=N/S(=O)(=O)c1ccc(NC(=O)c2ccccc2Br)cc1. The smallest absolute Gasteiger partial charge is 0.283 e. The third kappa shape index (κ3) is 4.13. The van der Waals surface area contributed by atoms with E-state index in [-0.39, 0.29) is 10.8 Å². The van der Waals surface area contributed by atoms with Gasteiger partial charge in [-0.1, -0.05) is 12.1 Å². The van der Waals surface area contributed by atoms with Crippen LogP contribution in [0.1, 0.15) is 23.2 Å². The highest BCUT2D eigenvalue weighted by Crippen LogP contribution is 2.21. The van der Waals surface area contributed by atoms with Gasteiger partial charge in [-0.3, -0.25) is 4.79 Å². The summed E-state index contributed by atoms with van der Waals surface area (Å²) in [7, 11) is -1.92. The van der Waals surface area contributed by atoms with Crippen molar-refractivity contribution in [1.29, 1.82) is 0 Å². The third-order valence-corrected chi connectivity index (χ3v) is 6.10. The average molecular weight is 436 g/mol. The molecule has 0 aliphatic carbocycles. The molecular formula is C18H18BrN3O3S. The molecule has 1 N–H and O–H groups in total. The summed E-state index contributed by atoms with van der Waals surface area (Å²) >= 11 is 3.34. The number of carbonyl (C=O) groups is 1. The van der Waals surface area contributed by atoms with Gasteiger partial charge in [0.15, 0.2) is 0 Å². The molecule has 136 valence electrons. The van der Waals surface area contributed by atoms with Crippen LogP contribution < -0.4 is 5.32 Å². The van der Waals surface area contributed by atoms with Gasteiger partial charge in [-0.25, -0.2) is 0 Å². The molecule has 0 spiro atoms. The zero-order valence-electron chi connectivity index (χ0n) is 14.1. The van der Waals surface area contributed by atoms with Crippen LogP contribution in [0.2, 0.25) is 0 Å². The Kier molecular flexibility index (Phi) is 5.43. The minimum absolute atomic E-state index is 0.101. The number of carbonyl (C=O) groups excluding carboxylic acids is 1. The average Bonchev–Trinajstić information content (AvgIpc) is 3.00. The zero-order chi connectivity index (χ0) is 18.7. The minimum Gasteiger partial charge on any atom is -0.362 e. The third-order valence-electron chi connectivity index (χ3n) is 4.09. The van der Waals surface area contributed by atoms with E-state index >= 15 is 0 Å².